The largest absolute Gasteiger partial charge is 0.480 e. The van der Waals surface area contributed by atoms with Gasteiger partial charge in [0.05, 0.1) is 6.07 Å². The Kier molecular flexibility index (Phi) is 4.16. The molecule has 1 aliphatic carbocycles. The lowest BCUT2D eigenvalue weighted by Crippen LogP contribution is -2.52. The van der Waals surface area contributed by atoms with Crippen molar-refractivity contribution >= 4 is 23.4 Å². The van der Waals surface area contributed by atoms with Crippen molar-refractivity contribution in [2.24, 2.45) is 5.92 Å². The minimum absolute atomic E-state index is 0.332. The number of rotatable bonds is 3. The molecule has 0 aliphatic heterocycles. The third kappa shape index (κ3) is 2.52. The molecule has 1 aliphatic rings. The Bertz CT molecular complexity index is 830. The van der Waals surface area contributed by atoms with E-state index in [1.807, 2.05) is 5.32 Å². The number of carbonyl (C=O) groups is 4. The Labute approximate surface area is 133 Å². The van der Waals surface area contributed by atoms with Crippen molar-refractivity contribution in [2.75, 3.05) is 6.54 Å². The first-order chi connectivity index (χ1) is 11.1. The fraction of sp³-hybridized carbons (Fsp3) is 0.267. The average Bonchev–Trinajstić information content (AvgIpc) is 2.53. The molecule has 0 bridgehead atoms. The normalized spacial score (nSPS) is 22.5. The van der Waals surface area contributed by atoms with Crippen molar-refractivity contribution in [1.82, 2.24) is 5.32 Å². The van der Waals surface area contributed by atoms with Crippen LogP contribution in [0.4, 0.5) is 8.78 Å². The molecule has 0 spiro atoms. The minimum Gasteiger partial charge on any atom is -0.480 e. The number of hydrogen-bond acceptors (Lipinski definition) is 5. The van der Waals surface area contributed by atoms with E-state index in [-0.39, 0.29) is 5.56 Å². The van der Waals surface area contributed by atoms with Crippen molar-refractivity contribution in [3.8, 4) is 6.07 Å². The van der Waals surface area contributed by atoms with Gasteiger partial charge in [-0.15, -0.1) is 0 Å². The lowest BCUT2D eigenvalue weighted by atomic mass is 9.66. The van der Waals surface area contributed by atoms with Gasteiger partial charge in [0, 0.05) is 5.56 Å². The number of halogens is 2. The summed E-state index contributed by atoms with van der Waals surface area (Å²) < 4.78 is 26.9. The van der Waals surface area contributed by atoms with E-state index in [0.29, 0.717) is 12.1 Å². The highest BCUT2D eigenvalue weighted by atomic mass is 19.2. The number of benzene rings is 1. The molecule has 9 heteroatoms. The third-order valence-electron chi connectivity index (χ3n) is 3.78. The number of aliphatic carboxylic acids is 1. The number of ketones is 2. The number of nitrogens with one attached hydrogen (secondary N) is 1. The first-order valence-corrected chi connectivity index (χ1v) is 6.62. The van der Waals surface area contributed by atoms with Crippen molar-refractivity contribution in [3.05, 3.63) is 34.9 Å². The predicted octanol–water partition coefficient (Wildman–Crippen LogP) is 0.328. The third-order valence-corrected chi connectivity index (χ3v) is 3.78. The Morgan fingerprint density at radius 1 is 1.33 bits per heavy atom. The van der Waals surface area contributed by atoms with E-state index in [1.165, 1.54) is 0 Å². The molecule has 7 nitrogen and oxygen atoms in total. The monoisotopic (exact) mass is 336 g/mol. The molecule has 0 saturated heterocycles. The summed E-state index contributed by atoms with van der Waals surface area (Å²) in [4.78, 5) is 47.3. The van der Waals surface area contributed by atoms with Gasteiger partial charge in [0.1, 0.15) is 12.0 Å². The lowest BCUT2D eigenvalue weighted by molar-refractivity contribution is -0.140. The fourth-order valence-electron chi connectivity index (χ4n) is 2.48. The molecule has 2 atom stereocenters. The smallest absolute Gasteiger partial charge is 0.322 e. The van der Waals surface area contributed by atoms with Gasteiger partial charge in [-0.05, 0) is 24.6 Å². The summed E-state index contributed by atoms with van der Waals surface area (Å²) in [6, 6.07) is 2.71. The second-order valence-corrected chi connectivity index (χ2v) is 5.32. The van der Waals surface area contributed by atoms with Crippen molar-refractivity contribution in [2.45, 2.75) is 12.3 Å². The van der Waals surface area contributed by atoms with Gasteiger partial charge < -0.3 is 10.4 Å². The van der Waals surface area contributed by atoms with Crippen LogP contribution in [0.3, 0.4) is 0 Å². The van der Waals surface area contributed by atoms with Crippen LogP contribution in [0.15, 0.2) is 12.1 Å². The minimum atomic E-state index is -2.05. The maximum atomic E-state index is 13.5. The SMILES string of the molecule is CC1(C#N)C(=O)C(C(=O)NCC(=O)O)C(=O)c2cc(F)c(F)cc21. The summed E-state index contributed by atoms with van der Waals surface area (Å²) in [5, 5.41) is 19.7. The molecule has 2 N–H and O–H groups in total. The molecule has 124 valence electrons. The highest BCUT2D eigenvalue weighted by Crippen LogP contribution is 2.38. The molecule has 1 aromatic carbocycles. The highest BCUT2D eigenvalue weighted by molar-refractivity contribution is 6.29. The van der Waals surface area contributed by atoms with E-state index < -0.39 is 58.5 Å². The molecule has 0 fully saturated rings. The second kappa shape index (κ2) is 5.81. The first-order valence-electron chi connectivity index (χ1n) is 6.62. The van der Waals surface area contributed by atoms with E-state index >= 15 is 0 Å². The number of carboxylic acids is 1. The van der Waals surface area contributed by atoms with Crippen molar-refractivity contribution in [1.29, 1.82) is 5.26 Å². The van der Waals surface area contributed by atoms with E-state index in [9.17, 15) is 33.2 Å². The van der Waals surface area contributed by atoms with Crippen molar-refractivity contribution in [3.63, 3.8) is 0 Å². The van der Waals surface area contributed by atoms with Crippen LogP contribution in [0.2, 0.25) is 0 Å². The van der Waals surface area contributed by atoms with E-state index in [1.54, 1.807) is 6.07 Å². The highest BCUT2D eigenvalue weighted by Gasteiger charge is 2.52. The maximum Gasteiger partial charge on any atom is 0.322 e. The zero-order valence-corrected chi connectivity index (χ0v) is 12.2. The topological polar surface area (TPSA) is 124 Å². The van der Waals surface area contributed by atoms with Crippen LogP contribution in [0.1, 0.15) is 22.8 Å². The van der Waals surface area contributed by atoms with Gasteiger partial charge in [-0.25, -0.2) is 8.78 Å². The molecule has 2 rings (SSSR count). The standard InChI is InChI=1S/C15H10F2N2O5/c1-15(5-18)7-3-9(17)8(16)2-6(7)12(22)11(13(15)23)14(24)19-4-10(20)21/h2-3,11H,4H2,1H3,(H,19,24)(H,20,21). The van der Waals surface area contributed by atoms with Crippen LogP contribution >= 0.6 is 0 Å². The van der Waals surface area contributed by atoms with Crippen LogP contribution < -0.4 is 5.32 Å². The summed E-state index contributed by atoms with van der Waals surface area (Å²) in [7, 11) is 0. The summed E-state index contributed by atoms with van der Waals surface area (Å²) in [5.41, 5.74) is -2.85. The van der Waals surface area contributed by atoms with Crippen molar-refractivity contribution < 1.29 is 33.1 Å². The number of nitrogens with zero attached hydrogens (tertiary/aromatic N) is 1. The average molecular weight is 336 g/mol. The number of amides is 1. The number of carboxylic acid groups (broad SMARTS) is 1. The van der Waals surface area contributed by atoms with Gasteiger partial charge in [0.25, 0.3) is 0 Å². The van der Waals surface area contributed by atoms with E-state index in [4.69, 9.17) is 5.11 Å². The predicted molar refractivity (Wildman–Crippen MR) is 72.8 cm³/mol. The Balaban J connectivity index is 2.59. The van der Waals surface area contributed by atoms with Crippen LogP contribution in [0.25, 0.3) is 0 Å². The van der Waals surface area contributed by atoms with Gasteiger partial charge in [-0.3, -0.25) is 19.2 Å². The molecule has 0 aromatic heterocycles. The van der Waals surface area contributed by atoms with Crippen LogP contribution in [-0.2, 0) is 19.8 Å². The maximum absolute atomic E-state index is 13.5. The Hall–Kier alpha value is -3.15. The summed E-state index contributed by atoms with van der Waals surface area (Å²) in [6.07, 6.45) is 0. The quantitative estimate of drug-likeness (QED) is 0.767. The molecular formula is C15H10F2N2O5. The number of fused-ring (bicyclic) bond motifs is 1. The molecule has 24 heavy (non-hydrogen) atoms. The number of Topliss-reactive ketones (excluding diaryl/α,β-unsaturated/α-hetero) is 2. The summed E-state index contributed by atoms with van der Waals surface area (Å²) >= 11 is 0. The molecule has 0 radical (unpaired) electrons. The number of carbonyl (C=O) groups excluding carboxylic acids is 3. The molecule has 1 amide bonds. The Morgan fingerprint density at radius 3 is 2.46 bits per heavy atom. The van der Waals surface area contributed by atoms with E-state index in [2.05, 4.69) is 0 Å². The molecule has 1 aromatic rings. The zero-order valence-electron chi connectivity index (χ0n) is 12.2. The number of hydrogen-bond donors (Lipinski definition) is 2. The molecule has 0 saturated carbocycles. The van der Waals surface area contributed by atoms with Gasteiger partial charge in [0.2, 0.25) is 5.91 Å². The van der Waals surface area contributed by atoms with Crippen LogP contribution in [0.5, 0.6) is 0 Å². The van der Waals surface area contributed by atoms with Crippen LogP contribution in [0, 0.1) is 28.9 Å². The molecular weight excluding hydrogens is 326 g/mol. The lowest BCUT2D eigenvalue weighted by Gasteiger charge is -2.32. The van der Waals surface area contributed by atoms with Gasteiger partial charge >= 0.3 is 5.97 Å². The van der Waals surface area contributed by atoms with Gasteiger partial charge in [-0.1, -0.05) is 0 Å². The second-order valence-electron chi connectivity index (χ2n) is 5.32. The fourth-order valence-corrected chi connectivity index (χ4v) is 2.48. The summed E-state index contributed by atoms with van der Waals surface area (Å²) in [5.74, 6) is -9.60. The zero-order chi connectivity index (χ0) is 18.2. The van der Waals surface area contributed by atoms with Gasteiger partial charge in [0.15, 0.2) is 29.1 Å². The Morgan fingerprint density at radius 2 is 1.92 bits per heavy atom. The summed E-state index contributed by atoms with van der Waals surface area (Å²) in [6.45, 7) is 0.235. The number of nitriles is 1. The van der Waals surface area contributed by atoms with Gasteiger partial charge in [-0.2, -0.15) is 5.26 Å². The molecule has 2 unspecified atom stereocenters. The van der Waals surface area contributed by atoms with E-state index in [0.717, 1.165) is 6.92 Å². The molecule has 0 heterocycles. The van der Waals surface area contributed by atoms with Crippen LogP contribution in [-0.4, -0.2) is 35.1 Å². The first kappa shape index (κ1) is 17.2.